The van der Waals surface area contributed by atoms with Gasteiger partial charge in [-0.3, -0.25) is 4.98 Å². The third-order valence-electron chi connectivity index (χ3n) is 3.40. The minimum Gasteiger partial charge on any atom is -0.376 e. The molecule has 3 aromatic rings. The van der Waals surface area contributed by atoms with Crippen LogP contribution in [-0.4, -0.2) is 24.1 Å². The van der Waals surface area contributed by atoms with Crippen LogP contribution < -0.4 is 4.90 Å². The molecule has 0 fully saturated rings. The molecule has 23 heavy (non-hydrogen) atoms. The van der Waals surface area contributed by atoms with E-state index >= 15 is 0 Å². The van der Waals surface area contributed by atoms with Crippen LogP contribution in [0, 0.1) is 6.92 Å². The predicted molar refractivity (Wildman–Crippen MR) is 99.5 cm³/mol. The summed E-state index contributed by atoms with van der Waals surface area (Å²) in [4.78, 5) is 9.17. The summed E-state index contributed by atoms with van der Waals surface area (Å²) in [5.41, 5.74) is 4.88. The number of aromatic amines is 1. The lowest BCUT2D eigenvalue weighted by Crippen LogP contribution is -2.08. The average molecular weight is 305 g/mol. The molecular formula is C20H23N3. The van der Waals surface area contributed by atoms with Crippen LogP contribution in [0.25, 0.3) is 12.2 Å². The van der Waals surface area contributed by atoms with Gasteiger partial charge in [-0.2, -0.15) is 0 Å². The van der Waals surface area contributed by atoms with Crippen LogP contribution in [0.3, 0.4) is 0 Å². The molecule has 0 aliphatic rings. The Bertz CT molecular complexity index is 686. The van der Waals surface area contributed by atoms with Crippen molar-refractivity contribution < 1.29 is 0 Å². The smallest absolute Gasteiger partial charge is 0.0615 e. The molecule has 118 valence electrons. The fraction of sp³-hybridized carbons (Fsp3) is 0.150. The first-order valence-corrected chi connectivity index (χ1v) is 7.62. The highest BCUT2D eigenvalue weighted by atomic mass is 15.1. The summed E-state index contributed by atoms with van der Waals surface area (Å²) in [7, 11) is 4.12. The van der Waals surface area contributed by atoms with Gasteiger partial charge in [0.25, 0.3) is 0 Å². The Kier molecular flexibility index (Phi) is 6.18. The standard InChI is InChI=1S/C15H18N2.C5H5N/c1-12-14(15(11-16-12)17(2)3)10-9-13-7-5-4-6-8-13;1-2-4-6-5-3-1/h4-11,16H,1-3H3;1-5H. The van der Waals surface area contributed by atoms with Crippen LogP contribution in [0.5, 0.6) is 0 Å². The lowest BCUT2D eigenvalue weighted by atomic mass is 10.1. The van der Waals surface area contributed by atoms with Crippen LogP contribution >= 0.6 is 0 Å². The maximum atomic E-state index is 3.78. The topological polar surface area (TPSA) is 31.9 Å². The highest BCUT2D eigenvalue weighted by molar-refractivity contribution is 5.78. The minimum absolute atomic E-state index is 1.20. The monoisotopic (exact) mass is 305 g/mol. The number of hydrogen-bond donors (Lipinski definition) is 1. The summed E-state index contributed by atoms with van der Waals surface area (Å²) in [6.45, 7) is 2.09. The van der Waals surface area contributed by atoms with Crippen molar-refractivity contribution in [2.45, 2.75) is 6.92 Å². The molecule has 1 N–H and O–H groups in total. The molecule has 0 bridgehead atoms. The Hall–Kier alpha value is -2.81. The normalized spacial score (nSPS) is 10.2. The molecule has 0 atom stereocenters. The molecule has 0 aliphatic heterocycles. The number of aryl methyl sites for hydroxylation is 1. The molecule has 0 radical (unpaired) electrons. The SMILES string of the molecule is Cc1[nH]cc(N(C)C)c1C=Cc1ccccc1.c1ccncc1. The van der Waals surface area contributed by atoms with Crippen molar-refractivity contribution in [1.82, 2.24) is 9.97 Å². The van der Waals surface area contributed by atoms with Crippen LogP contribution in [0.1, 0.15) is 16.8 Å². The summed E-state index contributed by atoms with van der Waals surface area (Å²) in [6, 6.07) is 16.1. The maximum absolute atomic E-state index is 3.78. The second kappa shape index (κ2) is 8.59. The van der Waals surface area contributed by atoms with E-state index in [2.05, 4.69) is 72.3 Å². The molecule has 3 heteroatoms. The van der Waals surface area contributed by atoms with Gasteiger partial charge in [0.2, 0.25) is 0 Å². The fourth-order valence-corrected chi connectivity index (χ4v) is 2.16. The molecule has 2 heterocycles. The predicted octanol–water partition coefficient (Wildman–Crippen LogP) is 4.64. The van der Waals surface area contributed by atoms with E-state index in [1.165, 1.54) is 22.5 Å². The molecule has 0 saturated carbocycles. The van der Waals surface area contributed by atoms with Crippen molar-refractivity contribution in [3.63, 3.8) is 0 Å². The molecule has 0 spiro atoms. The van der Waals surface area contributed by atoms with Crippen molar-refractivity contribution >= 4 is 17.8 Å². The van der Waals surface area contributed by atoms with Crippen molar-refractivity contribution in [1.29, 1.82) is 0 Å². The first kappa shape index (κ1) is 16.6. The lowest BCUT2D eigenvalue weighted by Gasteiger charge is -2.11. The molecule has 0 saturated heterocycles. The van der Waals surface area contributed by atoms with Crippen molar-refractivity contribution in [3.05, 3.63) is 83.9 Å². The van der Waals surface area contributed by atoms with E-state index < -0.39 is 0 Å². The Morgan fingerprint density at radius 3 is 2.09 bits per heavy atom. The first-order valence-electron chi connectivity index (χ1n) is 7.62. The second-order valence-corrected chi connectivity index (χ2v) is 5.38. The molecule has 0 aliphatic carbocycles. The van der Waals surface area contributed by atoms with Gasteiger partial charge in [0.05, 0.1) is 5.69 Å². The van der Waals surface area contributed by atoms with Gasteiger partial charge in [-0.15, -0.1) is 0 Å². The van der Waals surface area contributed by atoms with Gasteiger partial charge in [0, 0.05) is 43.9 Å². The van der Waals surface area contributed by atoms with Gasteiger partial charge in [-0.25, -0.2) is 0 Å². The molecule has 0 unspecified atom stereocenters. The van der Waals surface area contributed by atoms with Crippen LogP contribution in [0.4, 0.5) is 5.69 Å². The van der Waals surface area contributed by atoms with Gasteiger partial charge in [0.1, 0.15) is 0 Å². The summed E-state index contributed by atoms with van der Waals surface area (Å²) in [6.07, 6.45) is 9.85. The van der Waals surface area contributed by atoms with E-state index in [9.17, 15) is 0 Å². The van der Waals surface area contributed by atoms with Gasteiger partial charge >= 0.3 is 0 Å². The van der Waals surface area contributed by atoms with Gasteiger partial charge < -0.3 is 9.88 Å². The Morgan fingerprint density at radius 1 is 0.913 bits per heavy atom. The van der Waals surface area contributed by atoms with E-state index in [4.69, 9.17) is 0 Å². The summed E-state index contributed by atoms with van der Waals surface area (Å²) in [5, 5.41) is 0. The van der Waals surface area contributed by atoms with Gasteiger partial charge in [-0.05, 0) is 24.6 Å². The molecule has 0 amide bonds. The highest BCUT2D eigenvalue weighted by Crippen LogP contribution is 2.24. The number of benzene rings is 1. The molecule has 1 aromatic carbocycles. The van der Waals surface area contributed by atoms with E-state index in [1.54, 1.807) is 12.4 Å². The largest absolute Gasteiger partial charge is 0.376 e. The number of hydrogen-bond acceptors (Lipinski definition) is 2. The number of nitrogens with one attached hydrogen (secondary N) is 1. The Labute approximate surface area is 138 Å². The van der Waals surface area contributed by atoms with Crippen molar-refractivity contribution in [2.75, 3.05) is 19.0 Å². The maximum Gasteiger partial charge on any atom is 0.0615 e. The number of pyridine rings is 1. The van der Waals surface area contributed by atoms with Crippen molar-refractivity contribution in [2.24, 2.45) is 0 Å². The number of rotatable bonds is 3. The quantitative estimate of drug-likeness (QED) is 0.764. The number of aromatic nitrogens is 2. The number of anilines is 1. The summed E-state index contributed by atoms with van der Waals surface area (Å²) >= 11 is 0. The summed E-state index contributed by atoms with van der Waals surface area (Å²) < 4.78 is 0. The van der Waals surface area contributed by atoms with Crippen LogP contribution in [0.2, 0.25) is 0 Å². The third-order valence-corrected chi connectivity index (χ3v) is 3.40. The highest BCUT2D eigenvalue weighted by Gasteiger charge is 2.06. The molecule has 2 aromatic heterocycles. The number of nitrogens with zero attached hydrogens (tertiary/aromatic N) is 2. The lowest BCUT2D eigenvalue weighted by molar-refractivity contribution is 1.13. The first-order chi connectivity index (χ1) is 11.2. The van der Waals surface area contributed by atoms with E-state index in [-0.39, 0.29) is 0 Å². The molecule has 3 nitrogen and oxygen atoms in total. The zero-order valence-corrected chi connectivity index (χ0v) is 13.9. The zero-order valence-electron chi connectivity index (χ0n) is 13.9. The van der Waals surface area contributed by atoms with Crippen molar-refractivity contribution in [3.8, 4) is 0 Å². The van der Waals surface area contributed by atoms with Gasteiger partial charge in [-0.1, -0.05) is 48.6 Å². The van der Waals surface area contributed by atoms with E-state index in [1.807, 2.05) is 30.5 Å². The van der Waals surface area contributed by atoms with E-state index in [0.717, 1.165) is 0 Å². The summed E-state index contributed by atoms with van der Waals surface area (Å²) in [5.74, 6) is 0. The third kappa shape index (κ3) is 5.15. The Balaban J connectivity index is 0.000000268. The van der Waals surface area contributed by atoms with Gasteiger partial charge in [0.15, 0.2) is 0 Å². The minimum atomic E-state index is 1.20. The van der Waals surface area contributed by atoms with Crippen LogP contribution in [0.15, 0.2) is 67.1 Å². The van der Waals surface area contributed by atoms with E-state index in [0.29, 0.717) is 0 Å². The zero-order chi connectivity index (χ0) is 16.5. The molecular weight excluding hydrogens is 282 g/mol. The number of H-pyrrole nitrogens is 1. The fourth-order valence-electron chi connectivity index (χ4n) is 2.16. The average Bonchev–Trinajstić information content (AvgIpc) is 2.97. The van der Waals surface area contributed by atoms with Crippen LogP contribution in [-0.2, 0) is 0 Å². The molecule has 3 rings (SSSR count). The second-order valence-electron chi connectivity index (χ2n) is 5.38. The Morgan fingerprint density at radius 2 is 1.57 bits per heavy atom.